The third-order valence-corrected chi connectivity index (χ3v) is 3.19. The van der Waals surface area contributed by atoms with Gasteiger partial charge in [0.2, 0.25) is 0 Å². The molecule has 3 nitrogen and oxygen atoms in total. The van der Waals surface area contributed by atoms with Crippen LogP contribution in [0.5, 0.6) is 0 Å². The van der Waals surface area contributed by atoms with E-state index in [1.165, 1.54) is 0 Å². The Morgan fingerprint density at radius 2 is 2.69 bits per heavy atom. The van der Waals surface area contributed by atoms with E-state index in [1.807, 2.05) is 11.8 Å². The molecule has 1 atom stereocenters. The van der Waals surface area contributed by atoms with Crippen LogP contribution in [0.4, 0.5) is 0 Å². The molecule has 0 radical (unpaired) electrons. The first-order valence-electron chi connectivity index (χ1n) is 4.19. The molecule has 1 aliphatic heterocycles. The average Bonchev–Trinajstić information content (AvgIpc) is 2.67. The first-order valence-corrected chi connectivity index (χ1v) is 5.88. The molecule has 2 rings (SSSR count). The molecule has 1 unspecified atom stereocenters. The highest BCUT2D eigenvalue weighted by molar-refractivity contribution is 7.99. The summed E-state index contributed by atoms with van der Waals surface area (Å²) in [5, 5.41) is 0. The summed E-state index contributed by atoms with van der Waals surface area (Å²) >= 11 is 7.56. The molecule has 0 saturated carbocycles. The van der Waals surface area contributed by atoms with E-state index in [-0.39, 0.29) is 6.10 Å². The minimum absolute atomic E-state index is 0.121. The van der Waals surface area contributed by atoms with E-state index in [9.17, 15) is 0 Å². The summed E-state index contributed by atoms with van der Waals surface area (Å²) in [7, 11) is 0. The normalized spacial score (nSPS) is 23.3. The zero-order valence-electron chi connectivity index (χ0n) is 7.12. The first-order chi connectivity index (χ1) is 6.40. The van der Waals surface area contributed by atoms with E-state index in [0.717, 1.165) is 29.6 Å². The highest BCUT2D eigenvalue weighted by atomic mass is 35.5. The van der Waals surface area contributed by atoms with Crippen LogP contribution >= 0.6 is 23.4 Å². The minimum Gasteiger partial charge on any atom is -0.369 e. The van der Waals surface area contributed by atoms with Crippen molar-refractivity contribution < 1.29 is 4.74 Å². The first kappa shape index (κ1) is 9.37. The fourth-order valence-corrected chi connectivity index (χ4v) is 2.24. The van der Waals surface area contributed by atoms with Crippen LogP contribution in [-0.2, 0) is 10.6 Å². The topological polar surface area (TPSA) is 37.9 Å². The molecule has 72 valence electrons. The Hall–Kier alpha value is -0.190. The maximum Gasteiger partial charge on any atom is 0.136 e. The highest BCUT2D eigenvalue weighted by Crippen LogP contribution is 2.24. The van der Waals surface area contributed by atoms with Crippen LogP contribution in [0.25, 0.3) is 0 Å². The van der Waals surface area contributed by atoms with Gasteiger partial charge in [-0.15, -0.1) is 11.6 Å². The average molecular weight is 219 g/mol. The van der Waals surface area contributed by atoms with Crippen molar-refractivity contribution in [3.63, 3.8) is 0 Å². The standard InChI is InChI=1S/C8H11ClN2OS/c9-3-6-4-10-8(11-6)7-5-13-2-1-12-7/h4,7H,1-3,5H2,(H,10,11). The molecule has 1 N–H and O–H groups in total. The van der Waals surface area contributed by atoms with Gasteiger partial charge in [0, 0.05) is 23.4 Å². The number of H-pyrrole nitrogens is 1. The molecule has 2 heterocycles. The molecule has 0 spiro atoms. The maximum atomic E-state index is 5.66. The lowest BCUT2D eigenvalue weighted by atomic mass is 10.4. The third-order valence-electron chi connectivity index (χ3n) is 1.91. The summed E-state index contributed by atoms with van der Waals surface area (Å²) in [5.74, 6) is 3.45. The van der Waals surface area contributed by atoms with E-state index in [1.54, 1.807) is 6.20 Å². The summed E-state index contributed by atoms with van der Waals surface area (Å²) in [6.45, 7) is 0.812. The number of imidazole rings is 1. The molecular weight excluding hydrogens is 208 g/mol. The zero-order chi connectivity index (χ0) is 9.10. The van der Waals surface area contributed by atoms with E-state index in [0.29, 0.717) is 5.88 Å². The van der Waals surface area contributed by atoms with Gasteiger partial charge in [-0.3, -0.25) is 0 Å². The van der Waals surface area contributed by atoms with E-state index < -0.39 is 0 Å². The Balaban J connectivity index is 2.05. The number of thioether (sulfide) groups is 1. The smallest absolute Gasteiger partial charge is 0.136 e. The van der Waals surface area contributed by atoms with Crippen molar-refractivity contribution in [1.29, 1.82) is 0 Å². The molecule has 0 aromatic carbocycles. The van der Waals surface area contributed by atoms with E-state index >= 15 is 0 Å². The van der Waals surface area contributed by atoms with Crippen molar-refractivity contribution in [3.8, 4) is 0 Å². The molecule has 1 aromatic rings. The minimum atomic E-state index is 0.121. The number of rotatable bonds is 2. The van der Waals surface area contributed by atoms with Crippen molar-refractivity contribution in [2.75, 3.05) is 18.1 Å². The lowest BCUT2D eigenvalue weighted by Crippen LogP contribution is -2.16. The number of hydrogen-bond acceptors (Lipinski definition) is 3. The number of nitrogens with one attached hydrogen (secondary N) is 1. The van der Waals surface area contributed by atoms with Gasteiger partial charge in [-0.25, -0.2) is 4.98 Å². The number of ether oxygens (including phenoxy) is 1. The Bertz CT molecular complexity index is 273. The number of hydrogen-bond donors (Lipinski definition) is 1. The van der Waals surface area contributed by atoms with Gasteiger partial charge in [-0.1, -0.05) is 0 Å². The lowest BCUT2D eigenvalue weighted by molar-refractivity contribution is 0.0700. The van der Waals surface area contributed by atoms with Gasteiger partial charge in [-0.05, 0) is 0 Å². The van der Waals surface area contributed by atoms with Crippen LogP contribution < -0.4 is 0 Å². The van der Waals surface area contributed by atoms with Crippen LogP contribution in [0.1, 0.15) is 17.6 Å². The lowest BCUT2D eigenvalue weighted by Gasteiger charge is -2.20. The van der Waals surface area contributed by atoms with Gasteiger partial charge in [0.1, 0.15) is 11.9 Å². The van der Waals surface area contributed by atoms with Crippen LogP contribution in [0.3, 0.4) is 0 Å². The van der Waals surface area contributed by atoms with Gasteiger partial charge in [-0.2, -0.15) is 11.8 Å². The fourth-order valence-electron chi connectivity index (χ4n) is 1.25. The van der Waals surface area contributed by atoms with E-state index in [4.69, 9.17) is 16.3 Å². The molecule has 1 aliphatic rings. The molecule has 0 bridgehead atoms. The summed E-state index contributed by atoms with van der Waals surface area (Å²) in [6, 6.07) is 0. The molecular formula is C8H11ClN2OS. The highest BCUT2D eigenvalue weighted by Gasteiger charge is 2.18. The molecule has 13 heavy (non-hydrogen) atoms. The second-order valence-electron chi connectivity index (χ2n) is 2.86. The maximum absolute atomic E-state index is 5.66. The predicted molar refractivity (Wildman–Crippen MR) is 54.2 cm³/mol. The van der Waals surface area contributed by atoms with Crippen LogP contribution in [0, 0.1) is 0 Å². The molecule has 1 fully saturated rings. The summed E-state index contributed by atoms with van der Waals surface area (Å²) in [6.07, 6.45) is 1.89. The van der Waals surface area contributed by atoms with E-state index in [2.05, 4.69) is 9.97 Å². The van der Waals surface area contributed by atoms with Gasteiger partial charge in [0.25, 0.3) is 0 Å². The number of alkyl halides is 1. The number of nitrogens with zero attached hydrogens (tertiary/aromatic N) is 1. The van der Waals surface area contributed by atoms with Crippen molar-refractivity contribution in [2.45, 2.75) is 12.0 Å². The van der Waals surface area contributed by atoms with Crippen molar-refractivity contribution >= 4 is 23.4 Å². The molecule has 0 amide bonds. The largest absolute Gasteiger partial charge is 0.369 e. The monoisotopic (exact) mass is 218 g/mol. The van der Waals surface area contributed by atoms with Crippen LogP contribution in [0.2, 0.25) is 0 Å². The third kappa shape index (κ3) is 2.18. The number of halogens is 1. The second kappa shape index (κ2) is 4.35. The Kier molecular flexibility index (Phi) is 3.14. The Morgan fingerprint density at radius 3 is 3.31 bits per heavy atom. The number of aromatic nitrogens is 2. The Morgan fingerprint density at radius 1 is 1.77 bits per heavy atom. The molecule has 1 aromatic heterocycles. The van der Waals surface area contributed by atoms with Gasteiger partial charge >= 0.3 is 0 Å². The predicted octanol–water partition coefficient (Wildman–Crippen LogP) is 1.95. The Labute approximate surface area is 86.2 Å². The van der Waals surface area contributed by atoms with Crippen molar-refractivity contribution in [3.05, 3.63) is 17.7 Å². The van der Waals surface area contributed by atoms with Crippen molar-refractivity contribution in [1.82, 2.24) is 9.97 Å². The van der Waals surface area contributed by atoms with Gasteiger partial charge < -0.3 is 9.72 Å². The van der Waals surface area contributed by atoms with Crippen LogP contribution in [0.15, 0.2) is 6.20 Å². The quantitative estimate of drug-likeness (QED) is 0.772. The van der Waals surface area contributed by atoms with Crippen molar-refractivity contribution in [2.24, 2.45) is 0 Å². The van der Waals surface area contributed by atoms with Gasteiger partial charge in [0.15, 0.2) is 0 Å². The SMILES string of the molecule is ClCc1cnc(C2CSCCO2)[nH]1. The second-order valence-corrected chi connectivity index (χ2v) is 4.28. The summed E-state index contributed by atoms with van der Waals surface area (Å²) in [4.78, 5) is 7.38. The fraction of sp³-hybridized carbons (Fsp3) is 0.625. The molecule has 1 saturated heterocycles. The summed E-state index contributed by atoms with van der Waals surface area (Å²) < 4.78 is 5.56. The summed E-state index contributed by atoms with van der Waals surface area (Å²) in [5.41, 5.74) is 0.954. The number of aromatic amines is 1. The van der Waals surface area contributed by atoms with Crippen LogP contribution in [-0.4, -0.2) is 28.1 Å². The van der Waals surface area contributed by atoms with Gasteiger partial charge in [0.05, 0.1) is 12.5 Å². The molecule has 5 heteroatoms. The molecule has 0 aliphatic carbocycles. The zero-order valence-corrected chi connectivity index (χ0v) is 8.70.